The summed E-state index contributed by atoms with van der Waals surface area (Å²) in [5.74, 6) is -0.735. The van der Waals surface area contributed by atoms with Gasteiger partial charge in [0, 0.05) is 18.8 Å². The van der Waals surface area contributed by atoms with Gasteiger partial charge < -0.3 is 10.0 Å². The van der Waals surface area contributed by atoms with E-state index in [1.54, 1.807) is 13.8 Å². The molecule has 0 saturated carbocycles. The van der Waals surface area contributed by atoms with E-state index in [1.807, 2.05) is 0 Å². The lowest BCUT2D eigenvalue weighted by Crippen LogP contribution is -2.41. The highest BCUT2D eigenvalue weighted by Crippen LogP contribution is 2.30. The Kier molecular flexibility index (Phi) is 3.33. The topological polar surface area (TPSA) is 40.5 Å². The molecule has 0 amide bonds. The van der Waals surface area contributed by atoms with Crippen molar-refractivity contribution >= 4 is 11.7 Å². The van der Waals surface area contributed by atoms with Gasteiger partial charge in [0.2, 0.25) is 0 Å². The smallest absolute Gasteiger partial charge is 0.310 e. The summed E-state index contributed by atoms with van der Waals surface area (Å²) in [5.41, 5.74) is 3.12. The minimum atomic E-state index is -0.735. The zero-order valence-electron chi connectivity index (χ0n) is 11.4. The monoisotopic (exact) mass is 247 g/mol. The van der Waals surface area contributed by atoms with Crippen LogP contribution in [0.15, 0.2) is 18.2 Å². The Morgan fingerprint density at radius 3 is 2.83 bits per heavy atom. The fraction of sp³-hybridized carbons (Fsp3) is 0.533. The minimum Gasteiger partial charge on any atom is -0.481 e. The number of aryl methyl sites for hydroxylation is 2. The van der Waals surface area contributed by atoms with E-state index in [4.69, 9.17) is 0 Å². The van der Waals surface area contributed by atoms with Crippen molar-refractivity contribution < 1.29 is 9.90 Å². The van der Waals surface area contributed by atoms with Gasteiger partial charge in [-0.05, 0) is 45.2 Å². The summed E-state index contributed by atoms with van der Waals surface area (Å²) in [6.45, 7) is 7.20. The summed E-state index contributed by atoms with van der Waals surface area (Å²) in [4.78, 5) is 13.4. The molecule has 0 fully saturated rings. The zero-order chi connectivity index (χ0) is 13.3. The second-order valence-corrected chi connectivity index (χ2v) is 5.85. The molecule has 1 aliphatic heterocycles. The van der Waals surface area contributed by atoms with Crippen molar-refractivity contribution in [3.05, 3.63) is 29.3 Å². The molecule has 1 heterocycles. The van der Waals surface area contributed by atoms with Gasteiger partial charge in [-0.25, -0.2) is 0 Å². The maximum absolute atomic E-state index is 11.2. The highest BCUT2D eigenvalue weighted by molar-refractivity contribution is 5.75. The number of carboxylic acids is 1. The van der Waals surface area contributed by atoms with E-state index in [0.29, 0.717) is 6.54 Å². The molecule has 0 saturated heterocycles. The average molecular weight is 247 g/mol. The third-order valence-electron chi connectivity index (χ3n) is 3.61. The summed E-state index contributed by atoms with van der Waals surface area (Å²) in [6, 6.07) is 6.45. The highest BCUT2D eigenvalue weighted by atomic mass is 16.4. The average Bonchev–Trinajstić information content (AvgIpc) is 2.28. The Hall–Kier alpha value is -1.51. The van der Waals surface area contributed by atoms with Crippen LogP contribution < -0.4 is 4.90 Å². The quantitative estimate of drug-likeness (QED) is 0.893. The zero-order valence-corrected chi connectivity index (χ0v) is 11.4. The van der Waals surface area contributed by atoms with Crippen molar-refractivity contribution in [1.82, 2.24) is 0 Å². The van der Waals surface area contributed by atoms with Crippen molar-refractivity contribution in [1.29, 1.82) is 0 Å². The van der Waals surface area contributed by atoms with Gasteiger partial charge >= 0.3 is 5.97 Å². The first-order valence-electron chi connectivity index (χ1n) is 6.48. The fourth-order valence-corrected chi connectivity index (χ4v) is 2.51. The van der Waals surface area contributed by atoms with Crippen LogP contribution in [0, 0.1) is 12.3 Å². The molecular formula is C15H21NO2. The van der Waals surface area contributed by atoms with Gasteiger partial charge in [-0.2, -0.15) is 0 Å². The predicted molar refractivity (Wildman–Crippen MR) is 73.1 cm³/mol. The Morgan fingerprint density at radius 2 is 2.17 bits per heavy atom. The number of hydrogen-bond acceptors (Lipinski definition) is 2. The first kappa shape index (κ1) is 12.9. The summed E-state index contributed by atoms with van der Waals surface area (Å²) < 4.78 is 0. The second kappa shape index (κ2) is 4.63. The van der Waals surface area contributed by atoms with Gasteiger partial charge in [0.25, 0.3) is 0 Å². The highest BCUT2D eigenvalue weighted by Gasteiger charge is 2.31. The number of nitrogens with zero attached hydrogens (tertiary/aromatic N) is 1. The van der Waals surface area contributed by atoms with Crippen LogP contribution in [-0.2, 0) is 11.2 Å². The van der Waals surface area contributed by atoms with Gasteiger partial charge in [-0.3, -0.25) is 4.79 Å². The molecule has 3 nitrogen and oxygen atoms in total. The van der Waals surface area contributed by atoms with E-state index in [0.717, 1.165) is 19.4 Å². The van der Waals surface area contributed by atoms with E-state index in [9.17, 15) is 9.90 Å². The molecule has 0 spiro atoms. The Morgan fingerprint density at radius 1 is 1.44 bits per heavy atom. The van der Waals surface area contributed by atoms with Gasteiger partial charge in [-0.1, -0.05) is 17.7 Å². The number of fused-ring (bicyclic) bond motifs is 1. The van der Waals surface area contributed by atoms with Crippen LogP contribution in [0.2, 0.25) is 0 Å². The molecule has 2 rings (SSSR count). The number of carbonyl (C=O) groups is 1. The van der Waals surface area contributed by atoms with E-state index in [2.05, 4.69) is 30.0 Å². The minimum absolute atomic E-state index is 0.568. The lowest BCUT2D eigenvalue weighted by Gasteiger charge is -2.36. The normalized spacial score (nSPS) is 15.4. The van der Waals surface area contributed by atoms with Crippen LogP contribution in [0.4, 0.5) is 5.69 Å². The van der Waals surface area contributed by atoms with Crippen LogP contribution >= 0.6 is 0 Å². The van der Waals surface area contributed by atoms with Crippen molar-refractivity contribution in [2.75, 3.05) is 18.0 Å². The van der Waals surface area contributed by atoms with E-state index in [-0.39, 0.29) is 0 Å². The van der Waals surface area contributed by atoms with E-state index >= 15 is 0 Å². The third-order valence-corrected chi connectivity index (χ3v) is 3.61. The van der Waals surface area contributed by atoms with Crippen LogP contribution in [0.1, 0.15) is 31.4 Å². The molecule has 0 unspecified atom stereocenters. The largest absolute Gasteiger partial charge is 0.481 e. The summed E-state index contributed by atoms with van der Waals surface area (Å²) in [5, 5.41) is 9.24. The summed E-state index contributed by atoms with van der Waals surface area (Å²) in [7, 11) is 0. The maximum atomic E-state index is 11.2. The molecule has 18 heavy (non-hydrogen) atoms. The molecule has 1 aromatic rings. The number of rotatable bonds is 3. The van der Waals surface area contributed by atoms with Gasteiger partial charge in [0.05, 0.1) is 5.41 Å². The van der Waals surface area contributed by atoms with E-state index < -0.39 is 11.4 Å². The summed E-state index contributed by atoms with van der Waals surface area (Å²) in [6.07, 6.45) is 2.20. The molecule has 0 aliphatic carbocycles. The van der Waals surface area contributed by atoms with Crippen LogP contribution in [0.25, 0.3) is 0 Å². The lowest BCUT2D eigenvalue weighted by molar-refractivity contribution is -0.146. The van der Waals surface area contributed by atoms with Crippen LogP contribution in [0.5, 0.6) is 0 Å². The number of benzene rings is 1. The molecule has 1 aromatic carbocycles. The Bertz CT molecular complexity index is 466. The SMILES string of the molecule is Cc1ccc2c(c1)CCCN2CC(C)(C)C(=O)O. The molecule has 98 valence electrons. The standard InChI is InChI=1S/C15H21NO2/c1-11-6-7-13-12(9-11)5-4-8-16(13)10-15(2,3)14(17)18/h6-7,9H,4-5,8,10H2,1-3H3,(H,17,18). The molecule has 1 N–H and O–H groups in total. The molecule has 0 atom stereocenters. The molecule has 3 heteroatoms. The molecule has 0 bridgehead atoms. The van der Waals surface area contributed by atoms with Crippen molar-refractivity contribution in [2.45, 2.75) is 33.6 Å². The van der Waals surface area contributed by atoms with Crippen molar-refractivity contribution in [3.63, 3.8) is 0 Å². The van der Waals surface area contributed by atoms with Crippen LogP contribution in [-0.4, -0.2) is 24.2 Å². The lowest BCUT2D eigenvalue weighted by atomic mass is 9.91. The fourth-order valence-electron chi connectivity index (χ4n) is 2.51. The second-order valence-electron chi connectivity index (χ2n) is 5.85. The molecule has 0 radical (unpaired) electrons. The Balaban J connectivity index is 2.25. The molecular weight excluding hydrogens is 226 g/mol. The molecule has 0 aromatic heterocycles. The Labute approximate surface area is 108 Å². The van der Waals surface area contributed by atoms with Gasteiger partial charge in [0.15, 0.2) is 0 Å². The predicted octanol–water partition coefficient (Wildman–Crippen LogP) is 2.86. The molecule has 1 aliphatic rings. The first-order valence-corrected chi connectivity index (χ1v) is 6.48. The van der Waals surface area contributed by atoms with Gasteiger partial charge in [-0.15, -0.1) is 0 Å². The van der Waals surface area contributed by atoms with E-state index in [1.165, 1.54) is 16.8 Å². The number of carboxylic acid groups (broad SMARTS) is 1. The summed E-state index contributed by atoms with van der Waals surface area (Å²) >= 11 is 0. The number of hydrogen-bond donors (Lipinski definition) is 1. The van der Waals surface area contributed by atoms with Crippen LogP contribution in [0.3, 0.4) is 0 Å². The van der Waals surface area contributed by atoms with Gasteiger partial charge in [0.1, 0.15) is 0 Å². The number of aliphatic carboxylic acids is 1. The number of anilines is 1. The third kappa shape index (κ3) is 2.50. The first-order chi connectivity index (χ1) is 8.40. The van der Waals surface area contributed by atoms with Crippen molar-refractivity contribution in [3.8, 4) is 0 Å². The maximum Gasteiger partial charge on any atom is 0.310 e. The van der Waals surface area contributed by atoms with Crippen molar-refractivity contribution in [2.24, 2.45) is 5.41 Å².